The number of benzene rings is 1. The molecule has 1 aromatic carbocycles. The maximum absolute atomic E-state index is 11.1. The van der Waals surface area contributed by atoms with Crippen molar-refractivity contribution in [1.82, 2.24) is 0 Å². The van der Waals surface area contributed by atoms with Crippen molar-refractivity contribution in [3.63, 3.8) is 0 Å². The van der Waals surface area contributed by atoms with E-state index >= 15 is 0 Å². The Morgan fingerprint density at radius 3 is 2.53 bits per heavy atom. The van der Waals surface area contributed by atoms with Crippen molar-refractivity contribution in [2.75, 3.05) is 12.9 Å². The van der Waals surface area contributed by atoms with Crippen molar-refractivity contribution >= 4 is 19.7 Å². The average Bonchev–Trinajstić information content (AvgIpc) is 2.13. The summed E-state index contributed by atoms with van der Waals surface area (Å²) in [5.41, 5.74) is 0.641. The Hall–Kier alpha value is -0.740. The van der Waals surface area contributed by atoms with Gasteiger partial charge in [0.1, 0.15) is 5.75 Å². The van der Waals surface area contributed by atoms with Gasteiger partial charge in [-0.2, -0.15) is 0 Å². The van der Waals surface area contributed by atoms with Gasteiger partial charge in [-0.15, -0.1) is 0 Å². The lowest BCUT2D eigenvalue weighted by molar-refractivity contribution is 0.402. The summed E-state index contributed by atoms with van der Waals surface area (Å²) in [5.74, 6) is 0.728. The molecule has 5 heteroatoms. The van der Waals surface area contributed by atoms with E-state index in [-0.39, 0.29) is 5.75 Å². The molecule has 0 aromatic heterocycles. The second-order valence-electron chi connectivity index (χ2n) is 4.88. The highest BCUT2D eigenvalue weighted by Crippen LogP contribution is 2.26. The van der Waals surface area contributed by atoms with E-state index < -0.39 is 14.5 Å². The number of halogens is 1. The molecular formula is C12H17ClO3S. The summed E-state index contributed by atoms with van der Waals surface area (Å²) >= 11 is 0. The molecule has 0 amide bonds. The van der Waals surface area contributed by atoms with Crippen LogP contribution in [0, 0.1) is 5.41 Å². The number of ether oxygens (including phenoxy) is 1. The van der Waals surface area contributed by atoms with Crippen LogP contribution in [0.15, 0.2) is 24.3 Å². The molecule has 0 heterocycles. The van der Waals surface area contributed by atoms with E-state index in [2.05, 4.69) is 0 Å². The molecule has 3 nitrogen and oxygen atoms in total. The molecule has 0 atom stereocenters. The number of hydrogen-bond acceptors (Lipinski definition) is 3. The molecule has 1 aromatic rings. The topological polar surface area (TPSA) is 43.4 Å². The second kappa shape index (κ2) is 5.27. The van der Waals surface area contributed by atoms with Crippen LogP contribution in [0.4, 0.5) is 0 Å². The van der Waals surface area contributed by atoms with Crippen LogP contribution in [0.1, 0.15) is 19.4 Å². The molecule has 1 rings (SSSR count). The van der Waals surface area contributed by atoms with E-state index in [1.807, 2.05) is 38.1 Å². The minimum Gasteiger partial charge on any atom is -0.497 e. The Labute approximate surface area is 107 Å². The van der Waals surface area contributed by atoms with Crippen molar-refractivity contribution in [2.45, 2.75) is 20.3 Å². The van der Waals surface area contributed by atoms with Gasteiger partial charge in [0.25, 0.3) is 0 Å². The first-order valence-electron chi connectivity index (χ1n) is 5.27. The average molecular weight is 277 g/mol. The smallest absolute Gasteiger partial charge is 0.233 e. The normalized spacial score (nSPS) is 12.5. The van der Waals surface area contributed by atoms with Gasteiger partial charge in [-0.1, -0.05) is 26.0 Å². The predicted octanol–water partition coefficient (Wildman–Crippen LogP) is 2.83. The molecule has 0 bridgehead atoms. The maximum Gasteiger partial charge on any atom is 0.233 e. The number of methoxy groups -OCH3 is 1. The zero-order valence-electron chi connectivity index (χ0n) is 10.2. The van der Waals surface area contributed by atoms with Crippen molar-refractivity contribution < 1.29 is 13.2 Å². The summed E-state index contributed by atoms with van der Waals surface area (Å²) in [6.07, 6.45) is 0.635. The van der Waals surface area contributed by atoms with Crippen LogP contribution >= 0.6 is 10.7 Å². The molecule has 0 aliphatic carbocycles. The summed E-state index contributed by atoms with van der Waals surface area (Å²) in [4.78, 5) is 0. The summed E-state index contributed by atoms with van der Waals surface area (Å²) in [6.45, 7) is 3.76. The van der Waals surface area contributed by atoms with E-state index in [1.54, 1.807) is 7.11 Å². The first-order valence-corrected chi connectivity index (χ1v) is 7.75. The Bertz CT molecular complexity index is 480. The lowest BCUT2D eigenvalue weighted by atomic mass is 9.88. The van der Waals surface area contributed by atoms with Gasteiger partial charge < -0.3 is 4.74 Å². The standard InChI is InChI=1S/C12H17ClO3S/c1-12(2,9-17(13,14)15)8-10-5-4-6-11(7-10)16-3/h4-7H,8-9H2,1-3H3. The van der Waals surface area contributed by atoms with Crippen LogP contribution < -0.4 is 4.74 Å². The van der Waals surface area contributed by atoms with E-state index in [4.69, 9.17) is 15.4 Å². The second-order valence-corrected chi connectivity index (χ2v) is 7.65. The fourth-order valence-corrected chi connectivity index (χ4v) is 3.77. The predicted molar refractivity (Wildman–Crippen MR) is 70.1 cm³/mol. The highest BCUT2D eigenvalue weighted by atomic mass is 35.7. The fraction of sp³-hybridized carbons (Fsp3) is 0.500. The molecule has 17 heavy (non-hydrogen) atoms. The Morgan fingerprint density at radius 1 is 1.35 bits per heavy atom. The largest absolute Gasteiger partial charge is 0.497 e. The minimum atomic E-state index is -3.48. The molecule has 0 N–H and O–H groups in total. The molecular weight excluding hydrogens is 260 g/mol. The minimum absolute atomic E-state index is 0.0429. The molecule has 96 valence electrons. The molecule has 0 fully saturated rings. The molecule has 0 saturated carbocycles. The third-order valence-corrected chi connectivity index (χ3v) is 3.83. The van der Waals surface area contributed by atoms with Gasteiger partial charge in [0.05, 0.1) is 12.9 Å². The summed E-state index contributed by atoms with van der Waals surface area (Å²) in [5, 5.41) is 0. The molecule has 0 unspecified atom stereocenters. The first kappa shape index (κ1) is 14.3. The Balaban J connectivity index is 2.82. The van der Waals surface area contributed by atoms with Crippen molar-refractivity contribution in [1.29, 1.82) is 0 Å². The van der Waals surface area contributed by atoms with Crippen LogP contribution in [-0.4, -0.2) is 21.3 Å². The van der Waals surface area contributed by atoms with Gasteiger partial charge >= 0.3 is 0 Å². The molecule has 0 aliphatic heterocycles. The summed E-state index contributed by atoms with van der Waals surface area (Å²) in [6, 6.07) is 7.60. The highest BCUT2D eigenvalue weighted by molar-refractivity contribution is 8.13. The fourth-order valence-electron chi connectivity index (χ4n) is 1.85. The quantitative estimate of drug-likeness (QED) is 0.777. The lowest BCUT2D eigenvalue weighted by Crippen LogP contribution is -2.23. The van der Waals surface area contributed by atoms with Gasteiger partial charge in [0.15, 0.2) is 0 Å². The van der Waals surface area contributed by atoms with Crippen LogP contribution in [0.5, 0.6) is 5.75 Å². The zero-order chi connectivity index (χ0) is 13.1. The van der Waals surface area contributed by atoms with Crippen molar-refractivity contribution in [3.05, 3.63) is 29.8 Å². The maximum atomic E-state index is 11.1. The van der Waals surface area contributed by atoms with E-state index in [0.29, 0.717) is 6.42 Å². The summed E-state index contributed by atoms with van der Waals surface area (Å²) < 4.78 is 27.3. The van der Waals surface area contributed by atoms with E-state index in [9.17, 15) is 8.42 Å². The van der Waals surface area contributed by atoms with Gasteiger partial charge in [-0.25, -0.2) is 8.42 Å². The third kappa shape index (κ3) is 5.41. The molecule has 0 radical (unpaired) electrons. The van der Waals surface area contributed by atoms with E-state index in [1.165, 1.54) is 0 Å². The zero-order valence-corrected chi connectivity index (χ0v) is 11.8. The Kier molecular flexibility index (Phi) is 4.44. The molecule has 0 saturated heterocycles. The van der Waals surface area contributed by atoms with Crippen LogP contribution in [0.25, 0.3) is 0 Å². The molecule has 0 spiro atoms. The van der Waals surface area contributed by atoms with Crippen LogP contribution in [-0.2, 0) is 15.5 Å². The van der Waals surface area contributed by atoms with Crippen LogP contribution in [0.3, 0.4) is 0 Å². The number of rotatable bonds is 5. The molecule has 0 aliphatic rings. The third-order valence-electron chi connectivity index (χ3n) is 2.38. The van der Waals surface area contributed by atoms with Crippen LogP contribution in [0.2, 0.25) is 0 Å². The SMILES string of the molecule is COc1cccc(CC(C)(C)CS(=O)(=O)Cl)c1. The van der Waals surface area contributed by atoms with Gasteiger partial charge in [-0.05, 0) is 29.5 Å². The number of hydrogen-bond donors (Lipinski definition) is 0. The van der Waals surface area contributed by atoms with Gasteiger partial charge in [-0.3, -0.25) is 0 Å². The first-order chi connectivity index (χ1) is 7.72. The van der Waals surface area contributed by atoms with Crippen molar-refractivity contribution in [3.8, 4) is 5.75 Å². The van der Waals surface area contributed by atoms with Gasteiger partial charge in [0.2, 0.25) is 9.05 Å². The van der Waals surface area contributed by atoms with Gasteiger partial charge in [0, 0.05) is 10.7 Å². The van der Waals surface area contributed by atoms with E-state index in [0.717, 1.165) is 11.3 Å². The lowest BCUT2D eigenvalue weighted by Gasteiger charge is -2.23. The highest BCUT2D eigenvalue weighted by Gasteiger charge is 2.25. The Morgan fingerprint density at radius 2 is 2.00 bits per heavy atom. The monoisotopic (exact) mass is 276 g/mol. The van der Waals surface area contributed by atoms with Crippen molar-refractivity contribution in [2.24, 2.45) is 5.41 Å². The summed E-state index contributed by atoms with van der Waals surface area (Å²) in [7, 11) is 3.42.